The number of carbonyl (C=O) groups excluding carboxylic acids is 1. The second-order valence-corrected chi connectivity index (χ2v) is 7.47. The van der Waals surface area contributed by atoms with Crippen LogP contribution in [0.3, 0.4) is 0 Å². The summed E-state index contributed by atoms with van der Waals surface area (Å²) in [5.41, 5.74) is 3.55. The van der Waals surface area contributed by atoms with E-state index in [0.29, 0.717) is 11.0 Å². The van der Waals surface area contributed by atoms with Crippen molar-refractivity contribution in [1.29, 1.82) is 0 Å². The minimum absolute atomic E-state index is 0. The van der Waals surface area contributed by atoms with Gasteiger partial charge in [-0.25, -0.2) is 4.98 Å². The Balaban J connectivity index is 0.00000208. The maximum Gasteiger partial charge on any atom is 0.229 e. The summed E-state index contributed by atoms with van der Waals surface area (Å²) in [5.74, 6) is 0.552. The molecule has 1 unspecified atom stereocenters. The van der Waals surface area contributed by atoms with Gasteiger partial charge in [-0.3, -0.25) is 4.79 Å². The first-order valence-corrected chi connectivity index (χ1v) is 8.88. The molecular formula is C18H24ClN3OS. The number of hydrogen-bond donors (Lipinski definition) is 2. The number of nitrogens with one attached hydrogen (secondary N) is 2. The number of hydrogen-bond acceptors (Lipinski definition) is 4. The van der Waals surface area contributed by atoms with Crippen LogP contribution in [0, 0.1) is 25.7 Å². The van der Waals surface area contributed by atoms with Crippen LogP contribution in [0.5, 0.6) is 0 Å². The number of aromatic nitrogens is 1. The van der Waals surface area contributed by atoms with Crippen LogP contribution in [0.25, 0.3) is 0 Å². The molecule has 1 atom stereocenters. The zero-order valence-electron chi connectivity index (χ0n) is 14.3. The predicted molar refractivity (Wildman–Crippen MR) is 102 cm³/mol. The van der Waals surface area contributed by atoms with E-state index < -0.39 is 0 Å². The lowest BCUT2D eigenvalue weighted by Crippen LogP contribution is -2.48. The molecule has 0 aliphatic carbocycles. The van der Waals surface area contributed by atoms with Gasteiger partial charge in [0.1, 0.15) is 0 Å². The van der Waals surface area contributed by atoms with Crippen molar-refractivity contribution in [3.05, 3.63) is 46.0 Å². The quantitative estimate of drug-likeness (QED) is 0.851. The first-order chi connectivity index (χ1) is 11.0. The van der Waals surface area contributed by atoms with E-state index in [4.69, 9.17) is 0 Å². The van der Waals surface area contributed by atoms with Gasteiger partial charge in [-0.1, -0.05) is 36.8 Å². The monoisotopic (exact) mass is 365 g/mol. The van der Waals surface area contributed by atoms with E-state index in [1.807, 2.05) is 13.8 Å². The molecule has 4 nitrogen and oxygen atoms in total. The number of rotatable bonds is 5. The Morgan fingerprint density at radius 3 is 2.79 bits per heavy atom. The van der Waals surface area contributed by atoms with Crippen LogP contribution in [-0.4, -0.2) is 24.0 Å². The van der Waals surface area contributed by atoms with Gasteiger partial charge in [-0.05, 0) is 38.4 Å². The van der Waals surface area contributed by atoms with Crippen LogP contribution < -0.4 is 10.6 Å². The van der Waals surface area contributed by atoms with Gasteiger partial charge in [0.2, 0.25) is 5.91 Å². The third kappa shape index (κ3) is 4.35. The number of thiazole rings is 1. The first kappa shape index (κ1) is 18.9. The summed E-state index contributed by atoms with van der Waals surface area (Å²) in [5, 5.41) is 6.92. The van der Waals surface area contributed by atoms with E-state index in [-0.39, 0.29) is 24.2 Å². The van der Waals surface area contributed by atoms with Gasteiger partial charge in [0.05, 0.1) is 5.69 Å². The number of amides is 1. The summed E-state index contributed by atoms with van der Waals surface area (Å²) < 4.78 is 0. The van der Waals surface area contributed by atoms with Crippen LogP contribution in [0.2, 0.25) is 0 Å². The van der Waals surface area contributed by atoms with Crippen LogP contribution in [0.15, 0.2) is 24.3 Å². The SMILES string of the molecule is Cc1cccc(Cc2sc(NC(=O)C(C)C3CNC3)nc2C)c1.Cl. The molecule has 6 heteroatoms. The molecule has 3 rings (SSSR count). The van der Waals surface area contributed by atoms with Crippen molar-refractivity contribution in [3.8, 4) is 0 Å². The van der Waals surface area contributed by atoms with E-state index in [2.05, 4.69) is 46.8 Å². The summed E-state index contributed by atoms with van der Waals surface area (Å²) in [4.78, 5) is 18.0. The zero-order chi connectivity index (χ0) is 16.4. The summed E-state index contributed by atoms with van der Waals surface area (Å²) in [6.45, 7) is 7.98. The third-order valence-electron chi connectivity index (χ3n) is 4.50. The predicted octanol–water partition coefficient (Wildman–Crippen LogP) is 3.57. The smallest absolute Gasteiger partial charge is 0.229 e. The number of halogens is 1. The van der Waals surface area contributed by atoms with E-state index in [1.165, 1.54) is 16.0 Å². The average molecular weight is 366 g/mol. The Morgan fingerprint density at radius 1 is 1.42 bits per heavy atom. The average Bonchev–Trinajstić information content (AvgIpc) is 2.76. The molecule has 0 bridgehead atoms. The molecule has 0 spiro atoms. The first-order valence-electron chi connectivity index (χ1n) is 8.06. The summed E-state index contributed by atoms with van der Waals surface area (Å²) in [6, 6.07) is 8.52. The van der Waals surface area contributed by atoms with Crippen LogP contribution >= 0.6 is 23.7 Å². The van der Waals surface area contributed by atoms with Gasteiger partial charge < -0.3 is 10.6 Å². The second kappa shape index (κ2) is 8.10. The number of benzene rings is 1. The second-order valence-electron chi connectivity index (χ2n) is 6.39. The highest BCUT2D eigenvalue weighted by Crippen LogP contribution is 2.27. The summed E-state index contributed by atoms with van der Waals surface area (Å²) in [6.07, 6.45) is 0.864. The Labute approximate surface area is 153 Å². The summed E-state index contributed by atoms with van der Waals surface area (Å²) >= 11 is 1.58. The van der Waals surface area contributed by atoms with Crippen molar-refractivity contribution < 1.29 is 4.79 Å². The fraction of sp³-hybridized carbons (Fsp3) is 0.444. The third-order valence-corrected chi connectivity index (χ3v) is 5.58. The fourth-order valence-electron chi connectivity index (χ4n) is 2.75. The van der Waals surface area contributed by atoms with Crippen molar-refractivity contribution in [2.75, 3.05) is 18.4 Å². The highest BCUT2D eigenvalue weighted by molar-refractivity contribution is 7.15. The highest BCUT2D eigenvalue weighted by atomic mass is 35.5. The van der Waals surface area contributed by atoms with Gasteiger partial charge in [0.25, 0.3) is 0 Å². The molecule has 0 radical (unpaired) electrons. The number of carbonyl (C=O) groups is 1. The molecule has 1 saturated heterocycles. The molecule has 2 N–H and O–H groups in total. The molecule has 1 fully saturated rings. The van der Waals surface area contributed by atoms with Gasteiger partial charge in [0, 0.05) is 17.2 Å². The lowest BCUT2D eigenvalue weighted by molar-refractivity contribution is -0.121. The van der Waals surface area contributed by atoms with Gasteiger partial charge in [0.15, 0.2) is 5.13 Å². The molecule has 1 aliphatic rings. The largest absolute Gasteiger partial charge is 0.316 e. The van der Waals surface area contributed by atoms with E-state index in [1.54, 1.807) is 11.3 Å². The lowest BCUT2D eigenvalue weighted by atomic mass is 9.88. The number of nitrogens with zero attached hydrogens (tertiary/aromatic N) is 1. The number of aryl methyl sites for hydroxylation is 2. The molecule has 1 aromatic carbocycles. The maximum absolute atomic E-state index is 12.3. The minimum atomic E-state index is 0. The normalized spacial score (nSPS) is 15.3. The lowest BCUT2D eigenvalue weighted by Gasteiger charge is -2.31. The highest BCUT2D eigenvalue weighted by Gasteiger charge is 2.29. The molecule has 1 aliphatic heterocycles. The van der Waals surface area contributed by atoms with E-state index in [9.17, 15) is 4.79 Å². The standard InChI is InChI=1S/C18H23N3OS.ClH/c1-11-5-4-6-14(7-11)8-16-13(3)20-18(23-16)21-17(22)12(2)15-9-19-10-15;/h4-7,12,15,19H,8-10H2,1-3H3,(H,20,21,22);1H. The van der Waals surface area contributed by atoms with Crippen molar-refractivity contribution in [3.63, 3.8) is 0 Å². The van der Waals surface area contributed by atoms with E-state index in [0.717, 1.165) is 25.2 Å². The van der Waals surface area contributed by atoms with Crippen molar-refractivity contribution in [2.24, 2.45) is 11.8 Å². The zero-order valence-corrected chi connectivity index (χ0v) is 15.9. The van der Waals surface area contributed by atoms with Gasteiger partial charge in [-0.2, -0.15) is 0 Å². The minimum Gasteiger partial charge on any atom is -0.316 e. The Bertz CT molecular complexity index is 712. The van der Waals surface area contributed by atoms with Crippen LogP contribution in [0.1, 0.15) is 28.6 Å². The van der Waals surface area contributed by atoms with Crippen LogP contribution in [0.4, 0.5) is 5.13 Å². The van der Waals surface area contributed by atoms with Crippen molar-refractivity contribution >= 4 is 34.8 Å². The molecule has 0 saturated carbocycles. The van der Waals surface area contributed by atoms with Crippen molar-refractivity contribution in [1.82, 2.24) is 10.3 Å². The molecular weight excluding hydrogens is 342 g/mol. The Morgan fingerprint density at radius 2 is 2.17 bits per heavy atom. The Hall–Kier alpha value is -1.43. The molecule has 2 aromatic rings. The summed E-state index contributed by atoms with van der Waals surface area (Å²) in [7, 11) is 0. The topological polar surface area (TPSA) is 54.0 Å². The fourth-order valence-corrected chi connectivity index (χ4v) is 3.75. The molecule has 1 amide bonds. The maximum atomic E-state index is 12.3. The molecule has 2 heterocycles. The molecule has 130 valence electrons. The molecule has 24 heavy (non-hydrogen) atoms. The van der Waals surface area contributed by atoms with E-state index >= 15 is 0 Å². The van der Waals surface area contributed by atoms with Crippen molar-refractivity contribution in [2.45, 2.75) is 27.2 Å². The van der Waals surface area contributed by atoms with Gasteiger partial charge >= 0.3 is 0 Å². The Kier molecular flexibility index (Phi) is 6.38. The molecule has 1 aromatic heterocycles. The van der Waals surface area contributed by atoms with Gasteiger partial charge in [-0.15, -0.1) is 23.7 Å². The van der Waals surface area contributed by atoms with Crippen LogP contribution in [-0.2, 0) is 11.2 Å². The number of anilines is 1.